The second-order valence-corrected chi connectivity index (χ2v) is 7.58. The van der Waals surface area contributed by atoms with E-state index in [0.717, 1.165) is 25.9 Å². The predicted octanol–water partition coefficient (Wildman–Crippen LogP) is 4.98. The minimum Gasteiger partial charge on any atom is -0.507 e. The van der Waals surface area contributed by atoms with Crippen LogP contribution < -0.4 is 14.9 Å². The van der Waals surface area contributed by atoms with Crippen LogP contribution in [0.25, 0.3) is 11.0 Å². The van der Waals surface area contributed by atoms with Gasteiger partial charge in [0, 0.05) is 6.54 Å². The number of likely N-dealkylation sites (tertiary alicyclic amines) is 1. The van der Waals surface area contributed by atoms with Gasteiger partial charge < -0.3 is 19.0 Å². The molecule has 1 aliphatic heterocycles. The summed E-state index contributed by atoms with van der Waals surface area (Å²) in [4.78, 5) is 15.5. The van der Waals surface area contributed by atoms with Crippen molar-refractivity contribution in [2.24, 2.45) is 0 Å². The van der Waals surface area contributed by atoms with Crippen LogP contribution in [0.3, 0.4) is 0 Å². The molecule has 0 saturated carbocycles. The molecule has 1 N–H and O–H groups in total. The molecule has 30 heavy (non-hydrogen) atoms. The fourth-order valence-electron chi connectivity index (χ4n) is 3.93. The van der Waals surface area contributed by atoms with Crippen molar-refractivity contribution in [3.63, 3.8) is 0 Å². The fourth-order valence-corrected chi connectivity index (χ4v) is 3.93. The van der Waals surface area contributed by atoms with Crippen molar-refractivity contribution in [1.29, 1.82) is 0 Å². The Bertz CT molecular complexity index is 1100. The van der Waals surface area contributed by atoms with E-state index in [1.54, 1.807) is 31.2 Å². The van der Waals surface area contributed by atoms with Gasteiger partial charge in [-0.15, -0.1) is 0 Å². The van der Waals surface area contributed by atoms with E-state index >= 15 is 0 Å². The van der Waals surface area contributed by atoms with E-state index in [4.69, 9.17) is 13.9 Å². The van der Waals surface area contributed by atoms with Gasteiger partial charge in [-0.2, -0.15) is 0 Å². The molecule has 0 amide bonds. The third kappa shape index (κ3) is 4.00. The maximum atomic E-state index is 13.3. The molecule has 3 aromatic rings. The van der Waals surface area contributed by atoms with Crippen molar-refractivity contribution in [3.05, 3.63) is 57.9 Å². The van der Waals surface area contributed by atoms with Crippen LogP contribution >= 0.6 is 0 Å². The Morgan fingerprint density at radius 3 is 2.53 bits per heavy atom. The Kier molecular flexibility index (Phi) is 5.95. The Morgan fingerprint density at radius 1 is 1.07 bits per heavy atom. The van der Waals surface area contributed by atoms with Crippen molar-refractivity contribution in [2.75, 3.05) is 19.7 Å². The number of rotatable bonds is 6. The summed E-state index contributed by atoms with van der Waals surface area (Å²) in [5.74, 6) is 1.66. The molecule has 0 aliphatic carbocycles. The van der Waals surface area contributed by atoms with Gasteiger partial charge in [-0.25, -0.2) is 0 Å². The van der Waals surface area contributed by atoms with Crippen LogP contribution in [-0.2, 0) is 6.54 Å². The zero-order valence-corrected chi connectivity index (χ0v) is 17.4. The SMILES string of the molecule is CCOc1ccccc1Oc1c(C)oc2c(CN3CCCCC3)c(O)ccc2c1=O. The van der Waals surface area contributed by atoms with Gasteiger partial charge in [0.25, 0.3) is 0 Å². The van der Waals surface area contributed by atoms with E-state index in [9.17, 15) is 9.90 Å². The van der Waals surface area contributed by atoms with Gasteiger partial charge in [-0.1, -0.05) is 18.6 Å². The molecular weight excluding hydrogens is 382 g/mol. The van der Waals surface area contributed by atoms with Crippen molar-refractivity contribution < 1.29 is 19.0 Å². The lowest BCUT2D eigenvalue weighted by atomic mass is 10.1. The molecule has 1 fully saturated rings. The topological polar surface area (TPSA) is 72.1 Å². The second-order valence-electron chi connectivity index (χ2n) is 7.58. The number of nitrogens with zero attached hydrogens (tertiary/aromatic N) is 1. The van der Waals surface area contributed by atoms with E-state index in [1.165, 1.54) is 6.42 Å². The highest BCUT2D eigenvalue weighted by atomic mass is 16.5. The summed E-state index contributed by atoms with van der Waals surface area (Å²) < 4.78 is 17.6. The molecule has 158 valence electrons. The van der Waals surface area contributed by atoms with Gasteiger partial charge in [0.2, 0.25) is 11.2 Å². The number of piperidine rings is 1. The number of benzene rings is 2. The summed E-state index contributed by atoms with van der Waals surface area (Å²) >= 11 is 0. The van der Waals surface area contributed by atoms with Gasteiger partial charge in [-0.05, 0) is 64.0 Å². The van der Waals surface area contributed by atoms with Crippen molar-refractivity contribution in [3.8, 4) is 23.0 Å². The lowest BCUT2D eigenvalue weighted by Gasteiger charge is -2.26. The highest BCUT2D eigenvalue weighted by Gasteiger charge is 2.21. The summed E-state index contributed by atoms with van der Waals surface area (Å²) in [6.45, 7) is 6.60. The predicted molar refractivity (Wildman–Crippen MR) is 116 cm³/mol. The lowest BCUT2D eigenvalue weighted by Crippen LogP contribution is -2.29. The molecule has 1 saturated heterocycles. The normalized spacial score (nSPS) is 14.7. The maximum Gasteiger partial charge on any atom is 0.235 e. The molecule has 0 bridgehead atoms. The summed E-state index contributed by atoms with van der Waals surface area (Å²) in [7, 11) is 0. The summed E-state index contributed by atoms with van der Waals surface area (Å²) in [6, 6.07) is 10.4. The van der Waals surface area contributed by atoms with E-state index in [2.05, 4.69) is 4.90 Å². The highest BCUT2D eigenvalue weighted by molar-refractivity contribution is 5.83. The first-order valence-corrected chi connectivity index (χ1v) is 10.5. The summed E-state index contributed by atoms with van der Waals surface area (Å²) in [5.41, 5.74) is 0.810. The van der Waals surface area contributed by atoms with Crippen LogP contribution in [0.15, 0.2) is 45.6 Å². The molecule has 0 radical (unpaired) electrons. The number of aryl methyl sites for hydroxylation is 1. The molecule has 0 atom stereocenters. The summed E-state index contributed by atoms with van der Waals surface area (Å²) in [5, 5.41) is 10.9. The molecule has 1 aliphatic rings. The Labute approximate surface area is 175 Å². The quantitative estimate of drug-likeness (QED) is 0.619. The van der Waals surface area contributed by atoms with Crippen LogP contribution in [0.5, 0.6) is 23.0 Å². The Hall–Kier alpha value is -2.99. The molecule has 6 nitrogen and oxygen atoms in total. The molecule has 1 aromatic heterocycles. The van der Waals surface area contributed by atoms with Crippen LogP contribution in [0.1, 0.15) is 37.5 Å². The van der Waals surface area contributed by atoms with Gasteiger partial charge in [0.1, 0.15) is 17.1 Å². The molecule has 4 rings (SSSR count). The maximum absolute atomic E-state index is 13.3. The minimum atomic E-state index is -0.264. The zero-order chi connectivity index (χ0) is 21.1. The first-order chi connectivity index (χ1) is 14.6. The average molecular weight is 409 g/mol. The number of para-hydroxylation sites is 2. The molecular formula is C24H27NO5. The van der Waals surface area contributed by atoms with Crippen molar-refractivity contribution in [2.45, 2.75) is 39.7 Å². The number of ether oxygens (including phenoxy) is 2. The monoisotopic (exact) mass is 409 g/mol. The fraction of sp³-hybridized carbons (Fsp3) is 0.375. The number of aromatic hydroxyl groups is 1. The number of hydrogen-bond donors (Lipinski definition) is 1. The largest absolute Gasteiger partial charge is 0.507 e. The minimum absolute atomic E-state index is 0.129. The highest BCUT2D eigenvalue weighted by Crippen LogP contribution is 2.35. The van der Waals surface area contributed by atoms with E-state index < -0.39 is 0 Å². The molecule has 2 aromatic carbocycles. The van der Waals surface area contributed by atoms with Gasteiger partial charge in [-0.3, -0.25) is 9.69 Å². The summed E-state index contributed by atoms with van der Waals surface area (Å²) in [6.07, 6.45) is 3.52. The van der Waals surface area contributed by atoms with Crippen LogP contribution in [0.4, 0.5) is 0 Å². The standard InChI is InChI=1S/C24H27NO5/c1-3-28-20-9-5-6-10-21(20)30-23-16(2)29-24-17(22(23)27)11-12-19(26)18(24)15-25-13-7-4-8-14-25/h5-6,9-12,26H,3-4,7-8,13-15H2,1-2H3. The smallest absolute Gasteiger partial charge is 0.235 e. The third-order valence-electron chi connectivity index (χ3n) is 5.45. The number of phenols is 1. The Morgan fingerprint density at radius 2 is 1.80 bits per heavy atom. The van der Waals surface area contributed by atoms with Gasteiger partial charge in [0.05, 0.1) is 17.6 Å². The van der Waals surface area contributed by atoms with Crippen LogP contribution in [0.2, 0.25) is 0 Å². The number of hydrogen-bond acceptors (Lipinski definition) is 6. The molecule has 2 heterocycles. The number of phenolic OH excluding ortho intramolecular Hbond substituents is 1. The van der Waals surface area contributed by atoms with Crippen LogP contribution in [-0.4, -0.2) is 29.7 Å². The molecule has 0 spiro atoms. The second kappa shape index (κ2) is 8.79. The van der Waals surface area contributed by atoms with Gasteiger partial charge >= 0.3 is 0 Å². The molecule has 0 unspecified atom stereocenters. The average Bonchev–Trinajstić information content (AvgIpc) is 2.75. The Balaban J connectivity index is 1.75. The van der Waals surface area contributed by atoms with E-state index in [-0.39, 0.29) is 16.9 Å². The third-order valence-corrected chi connectivity index (χ3v) is 5.45. The lowest BCUT2D eigenvalue weighted by molar-refractivity contribution is 0.218. The number of fused-ring (bicyclic) bond motifs is 1. The van der Waals surface area contributed by atoms with E-state index in [0.29, 0.717) is 46.9 Å². The zero-order valence-electron chi connectivity index (χ0n) is 17.4. The molecule has 6 heteroatoms. The van der Waals surface area contributed by atoms with E-state index in [1.807, 2.05) is 19.1 Å². The van der Waals surface area contributed by atoms with Crippen molar-refractivity contribution in [1.82, 2.24) is 4.90 Å². The van der Waals surface area contributed by atoms with Crippen molar-refractivity contribution >= 4 is 11.0 Å². The first kappa shape index (κ1) is 20.3. The first-order valence-electron chi connectivity index (χ1n) is 10.5. The van der Waals surface area contributed by atoms with Gasteiger partial charge in [0.15, 0.2) is 11.5 Å². The van der Waals surface area contributed by atoms with Crippen LogP contribution in [0, 0.1) is 6.92 Å².